The van der Waals surface area contributed by atoms with Crippen LogP contribution >= 0.6 is 0 Å². The summed E-state index contributed by atoms with van der Waals surface area (Å²) in [5.74, 6) is -0.897. The van der Waals surface area contributed by atoms with E-state index in [0.717, 1.165) is 0 Å². The van der Waals surface area contributed by atoms with Gasteiger partial charge >= 0.3 is 0 Å². The first kappa shape index (κ1) is 20.1. The summed E-state index contributed by atoms with van der Waals surface area (Å²) in [5, 5.41) is 2.90. The molecule has 2 aromatic rings. The van der Waals surface area contributed by atoms with Crippen LogP contribution in [0.2, 0.25) is 0 Å². The van der Waals surface area contributed by atoms with Crippen LogP contribution in [0, 0.1) is 0 Å². The summed E-state index contributed by atoms with van der Waals surface area (Å²) in [6.45, 7) is 5.51. The minimum atomic E-state index is -3.57. The van der Waals surface area contributed by atoms with Crippen LogP contribution in [0.3, 0.4) is 0 Å². The fourth-order valence-corrected chi connectivity index (χ4v) is 4.53. The van der Waals surface area contributed by atoms with Crippen molar-refractivity contribution in [3.05, 3.63) is 65.7 Å². The van der Waals surface area contributed by atoms with Crippen LogP contribution in [0.1, 0.15) is 42.7 Å². The summed E-state index contributed by atoms with van der Waals surface area (Å²) in [4.78, 5) is 27.4. The summed E-state index contributed by atoms with van der Waals surface area (Å²) in [6, 6.07) is 14.2. The predicted octanol–water partition coefficient (Wildman–Crippen LogP) is 2.57. The molecule has 0 aromatic heterocycles. The Morgan fingerprint density at radius 1 is 1.04 bits per heavy atom. The van der Waals surface area contributed by atoms with Crippen molar-refractivity contribution < 1.29 is 18.0 Å². The molecule has 28 heavy (non-hydrogen) atoms. The summed E-state index contributed by atoms with van der Waals surface area (Å²) < 4.78 is 25.3. The van der Waals surface area contributed by atoms with E-state index in [-0.39, 0.29) is 29.0 Å². The highest BCUT2D eigenvalue weighted by molar-refractivity contribution is 7.91. The number of carbonyl (C=O) groups is 2. The molecule has 0 saturated carbocycles. The molecule has 148 valence electrons. The van der Waals surface area contributed by atoms with Gasteiger partial charge in [0.1, 0.15) is 6.04 Å². The average Bonchev–Trinajstić information content (AvgIpc) is 2.92. The number of amides is 2. The van der Waals surface area contributed by atoms with Gasteiger partial charge in [-0.15, -0.1) is 0 Å². The number of hydrogen-bond donors (Lipinski definition) is 1. The molecule has 2 amide bonds. The van der Waals surface area contributed by atoms with E-state index in [9.17, 15) is 18.0 Å². The third kappa shape index (κ3) is 4.09. The van der Waals surface area contributed by atoms with Gasteiger partial charge in [-0.2, -0.15) is 0 Å². The Bertz CT molecular complexity index is 995. The van der Waals surface area contributed by atoms with Gasteiger partial charge in [0.2, 0.25) is 5.91 Å². The van der Waals surface area contributed by atoms with Crippen molar-refractivity contribution in [2.45, 2.75) is 37.2 Å². The molecule has 6 nitrogen and oxygen atoms in total. The molecule has 1 aliphatic rings. The van der Waals surface area contributed by atoms with E-state index in [1.165, 1.54) is 17.0 Å². The third-order valence-corrected chi connectivity index (χ3v) is 6.22. The molecule has 7 heteroatoms. The van der Waals surface area contributed by atoms with Crippen LogP contribution in [0.5, 0.6) is 0 Å². The van der Waals surface area contributed by atoms with Gasteiger partial charge in [-0.25, -0.2) is 8.42 Å². The lowest BCUT2D eigenvalue weighted by Gasteiger charge is -2.28. The Morgan fingerprint density at radius 2 is 1.64 bits per heavy atom. The van der Waals surface area contributed by atoms with E-state index < -0.39 is 21.4 Å². The van der Waals surface area contributed by atoms with E-state index in [1.54, 1.807) is 42.5 Å². The van der Waals surface area contributed by atoms with Gasteiger partial charge in [0.25, 0.3) is 5.91 Å². The second-order valence-corrected chi connectivity index (χ2v) is 9.97. The third-order valence-electron chi connectivity index (χ3n) is 4.51. The number of hydrogen-bond acceptors (Lipinski definition) is 4. The molecule has 2 aromatic carbocycles. The number of benzene rings is 2. The van der Waals surface area contributed by atoms with Gasteiger partial charge in [-0.3, -0.25) is 9.59 Å². The van der Waals surface area contributed by atoms with E-state index >= 15 is 0 Å². The maximum atomic E-state index is 12.9. The quantitative estimate of drug-likeness (QED) is 0.836. The molecule has 1 heterocycles. The van der Waals surface area contributed by atoms with Crippen LogP contribution < -0.4 is 5.32 Å². The maximum Gasteiger partial charge on any atom is 0.255 e. The maximum absolute atomic E-state index is 12.9. The van der Waals surface area contributed by atoms with Crippen molar-refractivity contribution in [2.75, 3.05) is 12.3 Å². The van der Waals surface area contributed by atoms with Gasteiger partial charge in [-0.1, -0.05) is 36.4 Å². The van der Waals surface area contributed by atoms with E-state index in [1.807, 2.05) is 20.8 Å². The normalized spacial score (nSPS) is 16.8. The average molecular weight is 401 g/mol. The lowest BCUT2D eigenvalue weighted by atomic mass is 10.0. The number of fused-ring (bicyclic) bond motifs is 1. The zero-order valence-corrected chi connectivity index (χ0v) is 17.0. The van der Waals surface area contributed by atoms with Crippen molar-refractivity contribution in [2.24, 2.45) is 0 Å². The molecular formula is C21H24N2O4S. The molecule has 1 atom stereocenters. The Morgan fingerprint density at radius 3 is 2.29 bits per heavy atom. The molecular weight excluding hydrogens is 376 g/mol. The van der Waals surface area contributed by atoms with Crippen LogP contribution in [0.15, 0.2) is 59.5 Å². The van der Waals surface area contributed by atoms with Gasteiger partial charge in [0, 0.05) is 17.6 Å². The van der Waals surface area contributed by atoms with Crippen molar-refractivity contribution >= 4 is 21.7 Å². The van der Waals surface area contributed by atoms with E-state index in [0.29, 0.717) is 11.1 Å². The molecule has 0 fully saturated rings. The van der Waals surface area contributed by atoms with Crippen molar-refractivity contribution in [3.8, 4) is 0 Å². The molecule has 0 aliphatic carbocycles. The standard InChI is InChI=1S/C21H24N2O4S/c1-21(2,3)22-19(24)18-16-11-7-8-12-17(16)20(25)23(18)13-14-28(26,27)15-9-5-4-6-10-15/h4-12,18H,13-14H2,1-3H3,(H,22,24). The first-order valence-corrected chi connectivity index (χ1v) is 10.8. The molecule has 3 rings (SSSR count). The molecule has 0 saturated heterocycles. The Balaban J connectivity index is 1.88. The SMILES string of the molecule is CC(C)(C)NC(=O)C1c2ccccc2C(=O)N1CCS(=O)(=O)c1ccccc1. The van der Waals surface area contributed by atoms with Crippen molar-refractivity contribution in [3.63, 3.8) is 0 Å². The zero-order valence-electron chi connectivity index (χ0n) is 16.2. The number of rotatable bonds is 5. The van der Waals surface area contributed by atoms with Crippen LogP contribution in [0.25, 0.3) is 0 Å². The number of sulfone groups is 1. The minimum Gasteiger partial charge on any atom is -0.349 e. The second-order valence-electron chi connectivity index (χ2n) is 7.86. The summed E-state index contributed by atoms with van der Waals surface area (Å²) in [5.41, 5.74) is 0.569. The predicted molar refractivity (Wildman–Crippen MR) is 107 cm³/mol. The minimum absolute atomic E-state index is 0.0625. The van der Waals surface area contributed by atoms with E-state index in [2.05, 4.69) is 5.32 Å². The topological polar surface area (TPSA) is 83.6 Å². The fraction of sp³-hybridized carbons (Fsp3) is 0.333. The lowest BCUT2D eigenvalue weighted by Crippen LogP contribution is -2.47. The first-order valence-electron chi connectivity index (χ1n) is 9.10. The molecule has 1 N–H and O–H groups in total. The van der Waals surface area contributed by atoms with Gasteiger partial charge in [-0.05, 0) is 44.5 Å². The Labute approximate surface area is 165 Å². The number of carbonyl (C=O) groups excluding carboxylic acids is 2. The molecule has 0 radical (unpaired) electrons. The van der Waals surface area contributed by atoms with Crippen LogP contribution in [-0.2, 0) is 14.6 Å². The summed E-state index contributed by atoms with van der Waals surface area (Å²) >= 11 is 0. The highest BCUT2D eigenvalue weighted by atomic mass is 32.2. The largest absolute Gasteiger partial charge is 0.349 e. The van der Waals surface area contributed by atoms with Crippen LogP contribution in [-0.4, -0.2) is 43.0 Å². The zero-order chi connectivity index (χ0) is 20.5. The molecule has 1 unspecified atom stereocenters. The highest BCUT2D eigenvalue weighted by Crippen LogP contribution is 2.34. The van der Waals surface area contributed by atoms with Gasteiger partial charge in [0.05, 0.1) is 10.6 Å². The van der Waals surface area contributed by atoms with Gasteiger partial charge in [0.15, 0.2) is 9.84 Å². The monoisotopic (exact) mass is 400 g/mol. The Kier molecular flexibility index (Phi) is 5.30. The first-order chi connectivity index (χ1) is 13.1. The van der Waals surface area contributed by atoms with Crippen molar-refractivity contribution in [1.29, 1.82) is 0 Å². The second kappa shape index (κ2) is 7.39. The Hall–Kier alpha value is -2.67. The summed E-state index contributed by atoms with van der Waals surface area (Å²) in [6.07, 6.45) is 0. The van der Waals surface area contributed by atoms with E-state index in [4.69, 9.17) is 0 Å². The fourth-order valence-electron chi connectivity index (χ4n) is 3.29. The smallest absolute Gasteiger partial charge is 0.255 e. The summed E-state index contributed by atoms with van der Waals surface area (Å²) in [7, 11) is -3.57. The highest BCUT2D eigenvalue weighted by Gasteiger charge is 2.42. The van der Waals surface area contributed by atoms with Gasteiger partial charge < -0.3 is 10.2 Å². The molecule has 1 aliphatic heterocycles. The van der Waals surface area contributed by atoms with Crippen LogP contribution in [0.4, 0.5) is 0 Å². The number of nitrogens with zero attached hydrogens (tertiary/aromatic N) is 1. The molecule has 0 bridgehead atoms. The molecule has 0 spiro atoms. The van der Waals surface area contributed by atoms with Crippen molar-refractivity contribution in [1.82, 2.24) is 10.2 Å². The number of nitrogens with one attached hydrogen (secondary N) is 1. The lowest BCUT2D eigenvalue weighted by molar-refractivity contribution is -0.127.